The number of aromatic nitrogens is 2. The number of phenolic OH excluding ortho intramolecular Hbond substituents is 1. The van der Waals surface area contributed by atoms with Crippen molar-refractivity contribution < 1.29 is 9.90 Å². The van der Waals surface area contributed by atoms with Crippen LogP contribution in [0.15, 0.2) is 64.8 Å². The monoisotopic (exact) mass is 444 g/mol. The summed E-state index contributed by atoms with van der Waals surface area (Å²) in [6.07, 6.45) is 7.14. The fourth-order valence-electron chi connectivity index (χ4n) is 3.93. The van der Waals surface area contributed by atoms with Crippen molar-refractivity contribution in [1.29, 1.82) is 0 Å². The Morgan fingerprint density at radius 2 is 1.91 bits per heavy atom. The zero-order valence-electron chi connectivity index (χ0n) is 17.1. The first-order valence-corrected chi connectivity index (χ1v) is 11.2. The van der Waals surface area contributed by atoms with Gasteiger partial charge in [-0.15, -0.1) is 11.3 Å². The molecule has 0 aliphatic heterocycles. The van der Waals surface area contributed by atoms with Gasteiger partial charge in [-0.3, -0.25) is 14.2 Å². The largest absolute Gasteiger partial charge is 0.507 e. The zero-order valence-corrected chi connectivity index (χ0v) is 17.9. The van der Waals surface area contributed by atoms with Gasteiger partial charge < -0.3 is 5.11 Å². The molecule has 1 aliphatic carbocycles. The molecule has 160 valence electrons. The number of fused-ring (bicyclic) bond motifs is 3. The van der Waals surface area contributed by atoms with Crippen molar-refractivity contribution in [1.82, 2.24) is 15.0 Å². The molecule has 1 amide bonds. The van der Waals surface area contributed by atoms with Gasteiger partial charge in [0.2, 0.25) is 0 Å². The van der Waals surface area contributed by atoms with Crippen molar-refractivity contribution in [2.45, 2.75) is 25.7 Å². The van der Waals surface area contributed by atoms with E-state index in [0.717, 1.165) is 41.5 Å². The molecule has 0 atom stereocenters. The van der Waals surface area contributed by atoms with Crippen LogP contribution in [0.25, 0.3) is 15.9 Å². The first-order chi connectivity index (χ1) is 15.6. The van der Waals surface area contributed by atoms with Gasteiger partial charge in [0, 0.05) is 16.0 Å². The third-order valence-electron chi connectivity index (χ3n) is 5.59. The highest BCUT2D eigenvalue weighted by atomic mass is 32.1. The number of amides is 1. The number of hydrogen-bond acceptors (Lipinski definition) is 6. The number of nitrogens with zero attached hydrogens (tertiary/aromatic N) is 3. The molecule has 0 fully saturated rings. The van der Waals surface area contributed by atoms with Crippen molar-refractivity contribution in [2.24, 2.45) is 5.10 Å². The molecule has 0 radical (unpaired) electrons. The molecule has 2 aromatic carbocycles. The Labute approximate surface area is 187 Å². The van der Waals surface area contributed by atoms with Crippen molar-refractivity contribution in [3.63, 3.8) is 0 Å². The summed E-state index contributed by atoms with van der Waals surface area (Å²) in [6, 6.07) is 13.4. The molecule has 2 aromatic heterocycles. The van der Waals surface area contributed by atoms with Gasteiger partial charge in [-0.1, -0.05) is 12.1 Å². The Hall–Kier alpha value is -3.78. The number of phenols is 1. The number of rotatable bonds is 4. The summed E-state index contributed by atoms with van der Waals surface area (Å²) < 4.78 is 1.53. The topological polar surface area (TPSA) is 96.6 Å². The molecular formula is C24H20N4O3S. The van der Waals surface area contributed by atoms with Crippen molar-refractivity contribution in [3.05, 3.63) is 86.8 Å². The molecule has 7 nitrogen and oxygen atoms in total. The number of benzene rings is 2. The number of thiophene rings is 1. The van der Waals surface area contributed by atoms with E-state index in [9.17, 15) is 14.7 Å². The highest BCUT2D eigenvalue weighted by molar-refractivity contribution is 7.18. The van der Waals surface area contributed by atoms with E-state index in [2.05, 4.69) is 15.5 Å². The predicted octanol–water partition coefficient (Wildman–Crippen LogP) is 3.80. The minimum atomic E-state index is -0.393. The van der Waals surface area contributed by atoms with E-state index in [-0.39, 0.29) is 11.3 Å². The smallest absolute Gasteiger partial charge is 0.271 e. The maximum Gasteiger partial charge on any atom is 0.271 e. The van der Waals surface area contributed by atoms with Crippen LogP contribution in [0.2, 0.25) is 0 Å². The van der Waals surface area contributed by atoms with Gasteiger partial charge in [0.05, 0.1) is 17.3 Å². The summed E-state index contributed by atoms with van der Waals surface area (Å²) >= 11 is 1.62. The van der Waals surface area contributed by atoms with Crippen LogP contribution < -0.4 is 11.0 Å². The third-order valence-corrected chi connectivity index (χ3v) is 6.79. The summed E-state index contributed by atoms with van der Waals surface area (Å²) in [5.41, 5.74) is 5.07. The van der Waals surface area contributed by atoms with Gasteiger partial charge in [0.1, 0.15) is 16.9 Å². The average Bonchev–Trinajstić information content (AvgIpc) is 3.20. The minimum absolute atomic E-state index is 0.0705. The van der Waals surface area contributed by atoms with Crippen LogP contribution in [0, 0.1) is 0 Å². The second-order valence-electron chi connectivity index (χ2n) is 7.62. The van der Waals surface area contributed by atoms with Crippen LogP contribution in [-0.2, 0) is 12.8 Å². The normalized spacial score (nSPS) is 13.4. The Morgan fingerprint density at radius 3 is 2.72 bits per heavy atom. The highest BCUT2D eigenvalue weighted by Crippen LogP contribution is 2.33. The summed E-state index contributed by atoms with van der Waals surface area (Å²) in [6.45, 7) is 0. The molecule has 0 saturated heterocycles. The van der Waals surface area contributed by atoms with E-state index >= 15 is 0 Å². The average molecular weight is 445 g/mol. The molecule has 5 rings (SSSR count). The molecule has 0 saturated carbocycles. The van der Waals surface area contributed by atoms with Gasteiger partial charge in [0.25, 0.3) is 11.5 Å². The third kappa shape index (κ3) is 3.69. The SMILES string of the molecule is O=C(N/N=C\c1ccccc1O)c1ccc(-n2cnc3sc4c(c3c2=O)CCCC4)cc1. The Balaban J connectivity index is 1.37. The van der Waals surface area contributed by atoms with Gasteiger partial charge in [-0.25, -0.2) is 10.4 Å². The molecule has 4 aromatic rings. The van der Waals surface area contributed by atoms with E-state index in [1.165, 1.54) is 15.7 Å². The fourth-order valence-corrected chi connectivity index (χ4v) is 5.14. The summed E-state index contributed by atoms with van der Waals surface area (Å²) in [5, 5.41) is 14.4. The van der Waals surface area contributed by atoms with Crippen molar-refractivity contribution >= 4 is 33.7 Å². The first kappa shape index (κ1) is 20.1. The van der Waals surface area contributed by atoms with Gasteiger partial charge in [-0.2, -0.15) is 5.10 Å². The first-order valence-electron chi connectivity index (χ1n) is 10.4. The van der Waals surface area contributed by atoms with E-state index in [0.29, 0.717) is 16.8 Å². The number of aromatic hydroxyl groups is 1. The van der Waals surface area contributed by atoms with E-state index in [1.54, 1.807) is 66.2 Å². The van der Waals surface area contributed by atoms with Crippen LogP contribution in [0.4, 0.5) is 0 Å². The van der Waals surface area contributed by atoms with Gasteiger partial charge in [-0.05, 0) is 67.6 Å². The van der Waals surface area contributed by atoms with Crippen molar-refractivity contribution in [2.75, 3.05) is 0 Å². The second kappa shape index (κ2) is 8.39. The Kier molecular flexibility index (Phi) is 5.28. The number of hydrazone groups is 1. The molecule has 0 spiro atoms. The number of carbonyl (C=O) groups is 1. The molecule has 2 N–H and O–H groups in total. The second-order valence-corrected chi connectivity index (χ2v) is 8.70. The summed E-state index contributed by atoms with van der Waals surface area (Å²) in [7, 11) is 0. The van der Waals surface area contributed by atoms with E-state index in [4.69, 9.17) is 0 Å². The molecule has 2 heterocycles. The molecular weight excluding hydrogens is 424 g/mol. The maximum absolute atomic E-state index is 13.2. The Bertz CT molecular complexity index is 1400. The van der Waals surface area contributed by atoms with E-state index in [1.807, 2.05) is 0 Å². The van der Waals surface area contributed by atoms with Crippen LogP contribution in [0.3, 0.4) is 0 Å². The molecule has 32 heavy (non-hydrogen) atoms. The lowest BCUT2D eigenvalue weighted by Gasteiger charge is -2.10. The summed E-state index contributed by atoms with van der Waals surface area (Å²) in [4.78, 5) is 32.2. The number of hydrogen-bond donors (Lipinski definition) is 2. The molecule has 0 bridgehead atoms. The lowest BCUT2D eigenvalue weighted by Crippen LogP contribution is -2.20. The van der Waals surface area contributed by atoms with Crippen LogP contribution in [0.5, 0.6) is 5.75 Å². The number of carbonyl (C=O) groups excluding carboxylic acids is 1. The standard InChI is InChI=1S/C24H20N4O3S/c29-19-7-3-1-5-16(19)13-26-27-22(30)15-9-11-17(12-10-15)28-14-25-23-21(24(28)31)18-6-2-4-8-20(18)32-23/h1,3,5,7,9-14,29H,2,4,6,8H2,(H,27,30)/b26-13-. The van der Waals surface area contributed by atoms with Gasteiger partial charge in [0.15, 0.2) is 0 Å². The molecule has 0 unspecified atom stereocenters. The van der Waals surface area contributed by atoms with Gasteiger partial charge >= 0.3 is 0 Å². The fraction of sp³-hybridized carbons (Fsp3) is 0.167. The molecule has 1 aliphatic rings. The Morgan fingerprint density at radius 1 is 1.12 bits per heavy atom. The van der Waals surface area contributed by atoms with E-state index < -0.39 is 5.91 Å². The quantitative estimate of drug-likeness (QED) is 0.370. The lowest BCUT2D eigenvalue weighted by molar-refractivity contribution is 0.0955. The van der Waals surface area contributed by atoms with Crippen LogP contribution in [-0.4, -0.2) is 26.8 Å². The molecule has 8 heteroatoms. The van der Waals surface area contributed by atoms with Crippen LogP contribution in [0.1, 0.15) is 39.2 Å². The van der Waals surface area contributed by atoms with Crippen LogP contribution >= 0.6 is 11.3 Å². The summed E-state index contributed by atoms with van der Waals surface area (Å²) in [5.74, 6) is -0.311. The number of para-hydroxylation sites is 1. The number of aryl methyl sites for hydroxylation is 2. The lowest BCUT2D eigenvalue weighted by atomic mass is 9.97. The zero-order chi connectivity index (χ0) is 22.1. The van der Waals surface area contributed by atoms with Crippen molar-refractivity contribution in [3.8, 4) is 11.4 Å². The maximum atomic E-state index is 13.2. The highest BCUT2D eigenvalue weighted by Gasteiger charge is 2.20. The predicted molar refractivity (Wildman–Crippen MR) is 125 cm³/mol. The number of nitrogens with one attached hydrogen (secondary N) is 1. The minimum Gasteiger partial charge on any atom is -0.507 e.